The highest BCUT2D eigenvalue weighted by molar-refractivity contribution is 4.76. The van der Waals surface area contributed by atoms with Crippen LogP contribution in [-0.2, 0) is 0 Å². The van der Waals surface area contributed by atoms with Gasteiger partial charge >= 0.3 is 0 Å². The van der Waals surface area contributed by atoms with E-state index in [0.717, 1.165) is 11.8 Å². The lowest BCUT2D eigenvalue weighted by Gasteiger charge is -2.33. The van der Waals surface area contributed by atoms with Crippen molar-refractivity contribution in [2.24, 2.45) is 11.8 Å². The van der Waals surface area contributed by atoms with Crippen LogP contribution in [0.1, 0.15) is 32.6 Å². The van der Waals surface area contributed by atoms with Gasteiger partial charge < -0.3 is 5.32 Å². The molecule has 0 spiro atoms. The van der Waals surface area contributed by atoms with E-state index in [1.165, 1.54) is 32.2 Å². The molecule has 0 aliphatic heterocycles. The maximum atomic E-state index is 3.19. The second kappa shape index (κ2) is 3.97. The van der Waals surface area contributed by atoms with E-state index >= 15 is 0 Å². The van der Waals surface area contributed by atoms with Gasteiger partial charge in [0.25, 0.3) is 0 Å². The summed E-state index contributed by atoms with van der Waals surface area (Å²) in [6, 6.07) is 0. The summed E-state index contributed by atoms with van der Waals surface area (Å²) in [7, 11) is 2.03. The minimum atomic E-state index is 1.02. The molecule has 0 aromatic rings. The molecule has 0 saturated heterocycles. The van der Waals surface area contributed by atoms with Crippen LogP contribution in [0.4, 0.5) is 0 Å². The van der Waals surface area contributed by atoms with E-state index in [4.69, 9.17) is 0 Å². The predicted molar refractivity (Wildman–Crippen MR) is 45.0 cm³/mol. The predicted octanol–water partition coefficient (Wildman–Crippen LogP) is 2.03. The van der Waals surface area contributed by atoms with Crippen molar-refractivity contribution in [3.05, 3.63) is 0 Å². The Labute approximate surface area is 64.2 Å². The minimum absolute atomic E-state index is 1.02. The molecule has 0 aromatic carbocycles. The van der Waals surface area contributed by atoms with Gasteiger partial charge in [-0.25, -0.2) is 0 Å². The lowest BCUT2D eigenvalue weighted by Crippen LogP contribution is -2.23. The first kappa shape index (κ1) is 8.06. The van der Waals surface area contributed by atoms with Crippen molar-refractivity contribution >= 4 is 0 Å². The van der Waals surface area contributed by atoms with E-state index in [0.29, 0.717) is 0 Å². The maximum Gasteiger partial charge on any atom is -0.00518 e. The Morgan fingerprint density at radius 2 is 2.20 bits per heavy atom. The van der Waals surface area contributed by atoms with Crippen LogP contribution in [0.15, 0.2) is 0 Å². The van der Waals surface area contributed by atoms with Crippen LogP contribution >= 0.6 is 0 Å². The summed E-state index contributed by atoms with van der Waals surface area (Å²) in [5.74, 6) is 2.09. The summed E-state index contributed by atoms with van der Waals surface area (Å²) in [5.41, 5.74) is 0. The van der Waals surface area contributed by atoms with Gasteiger partial charge in [-0.05, 0) is 44.7 Å². The van der Waals surface area contributed by atoms with Gasteiger partial charge in [0, 0.05) is 0 Å². The van der Waals surface area contributed by atoms with Crippen molar-refractivity contribution in [3.63, 3.8) is 0 Å². The highest BCUT2D eigenvalue weighted by Crippen LogP contribution is 2.36. The lowest BCUT2D eigenvalue weighted by atomic mass is 9.73. The summed E-state index contributed by atoms with van der Waals surface area (Å²) in [4.78, 5) is 0. The van der Waals surface area contributed by atoms with E-state index in [-0.39, 0.29) is 0 Å². The fourth-order valence-electron chi connectivity index (χ4n) is 1.71. The molecule has 2 unspecified atom stereocenters. The first-order valence-corrected chi connectivity index (χ1v) is 4.49. The van der Waals surface area contributed by atoms with Crippen LogP contribution in [0.2, 0.25) is 0 Å². The fraction of sp³-hybridized carbons (Fsp3) is 1.00. The summed E-state index contributed by atoms with van der Waals surface area (Å²) in [6.45, 7) is 3.58. The molecule has 1 N–H and O–H groups in total. The van der Waals surface area contributed by atoms with Crippen LogP contribution in [0.3, 0.4) is 0 Å². The van der Waals surface area contributed by atoms with Crippen molar-refractivity contribution in [1.82, 2.24) is 5.32 Å². The molecule has 0 amide bonds. The maximum absolute atomic E-state index is 3.19. The van der Waals surface area contributed by atoms with Crippen molar-refractivity contribution in [3.8, 4) is 0 Å². The molecule has 1 rings (SSSR count). The molecule has 0 heterocycles. The number of rotatable bonds is 4. The highest BCUT2D eigenvalue weighted by atomic mass is 14.8. The second-order valence-electron chi connectivity index (χ2n) is 3.56. The molecule has 1 aliphatic rings. The van der Waals surface area contributed by atoms with Gasteiger partial charge in [0.1, 0.15) is 0 Å². The Bertz CT molecular complexity index is 90.7. The average Bonchev–Trinajstić information content (AvgIpc) is 1.95. The Morgan fingerprint density at radius 3 is 2.60 bits per heavy atom. The molecule has 10 heavy (non-hydrogen) atoms. The average molecular weight is 141 g/mol. The summed E-state index contributed by atoms with van der Waals surface area (Å²) < 4.78 is 0. The molecule has 1 nitrogen and oxygen atoms in total. The largest absolute Gasteiger partial charge is 0.320 e. The first-order chi connectivity index (χ1) is 4.84. The minimum Gasteiger partial charge on any atom is -0.320 e. The summed E-state index contributed by atoms with van der Waals surface area (Å²) in [5, 5.41) is 3.19. The molecule has 0 bridgehead atoms. The van der Waals surface area contributed by atoms with Gasteiger partial charge in [-0.2, -0.15) is 0 Å². The van der Waals surface area contributed by atoms with E-state index in [2.05, 4.69) is 12.2 Å². The third-order valence-corrected chi connectivity index (χ3v) is 2.80. The number of nitrogens with one attached hydrogen (secondary N) is 1. The van der Waals surface area contributed by atoms with E-state index < -0.39 is 0 Å². The summed E-state index contributed by atoms with van der Waals surface area (Å²) in [6.07, 6.45) is 5.78. The van der Waals surface area contributed by atoms with Gasteiger partial charge in [-0.1, -0.05) is 13.3 Å². The molecular formula is C9H19N. The van der Waals surface area contributed by atoms with Gasteiger partial charge in [-0.15, -0.1) is 0 Å². The smallest absolute Gasteiger partial charge is 0.00518 e. The van der Waals surface area contributed by atoms with Crippen LogP contribution in [-0.4, -0.2) is 13.6 Å². The molecule has 0 aromatic heterocycles. The molecule has 1 heteroatoms. The fourth-order valence-corrected chi connectivity index (χ4v) is 1.71. The van der Waals surface area contributed by atoms with Crippen LogP contribution in [0.25, 0.3) is 0 Å². The van der Waals surface area contributed by atoms with Crippen molar-refractivity contribution in [1.29, 1.82) is 0 Å². The molecule has 1 fully saturated rings. The summed E-state index contributed by atoms with van der Waals surface area (Å²) >= 11 is 0. The lowest BCUT2D eigenvalue weighted by molar-refractivity contribution is 0.180. The third-order valence-electron chi connectivity index (χ3n) is 2.80. The van der Waals surface area contributed by atoms with E-state index in [1.807, 2.05) is 7.05 Å². The zero-order chi connectivity index (χ0) is 7.40. The van der Waals surface area contributed by atoms with Crippen molar-refractivity contribution < 1.29 is 0 Å². The van der Waals surface area contributed by atoms with Crippen LogP contribution in [0, 0.1) is 11.8 Å². The number of hydrogen-bond donors (Lipinski definition) is 1. The van der Waals surface area contributed by atoms with E-state index in [1.54, 1.807) is 0 Å². The number of hydrogen-bond acceptors (Lipinski definition) is 1. The highest BCUT2D eigenvalue weighted by Gasteiger charge is 2.25. The topological polar surface area (TPSA) is 12.0 Å². The molecule has 60 valence electrons. The van der Waals surface area contributed by atoms with Gasteiger partial charge in [-0.3, -0.25) is 0 Å². The van der Waals surface area contributed by atoms with Gasteiger partial charge in [0.05, 0.1) is 0 Å². The normalized spacial score (nSPS) is 31.8. The SMILES string of the molecule is CNCCCC1CCC1C. The van der Waals surface area contributed by atoms with Crippen molar-refractivity contribution in [2.45, 2.75) is 32.6 Å². The second-order valence-corrected chi connectivity index (χ2v) is 3.56. The molecule has 1 aliphatic carbocycles. The molecule has 0 radical (unpaired) electrons. The van der Waals surface area contributed by atoms with Crippen molar-refractivity contribution in [2.75, 3.05) is 13.6 Å². The van der Waals surface area contributed by atoms with Gasteiger partial charge in [0.15, 0.2) is 0 Å². The Hall–Kier alpha value is -0.0400. The standard InChI is InChI=1S/C9H19N/c1-8-5-6-9(8)4-3-7-10-2/h8-10H,3-7H2,1-2H3. The Kier molecular flexibility index (Phi) is 3.20. The molecule has 2 atom stereocenters. The Balaban J connectivity index is 1.92. The monoisotopic (exact) mass is 141 g/mol. The van der Waals surface area contributed by atoms with Gasteiger partial charge in [0.2, 0.25) is 0 Å². The third kappa shape index (κ3) is 1.98. The molecular weight excluding hydrogens is 122 g/mol. The zero-order valence-electron chi connectivity index (χ0n) is 7.19. The first-order valence-electron chi connectivity index (χ1n) is 4.49. The zero-order valence-corrected chi connectivity index (χ0v) is 7.19. The van der Waals surface area contributed by atoms with E-state index in [9.17, 15) is 0 Å². The van der Waals surface area contributed by atoms with Crippen LogP contribution < -0.4 is 5.32 Å². The molecule has 1 saturated carbocycles. The Morgan fingerprint density at radius 1 is 1.40 bits per heavy atom. The quantitative estimate of drug-likeness (QED) is 0.591. The van der Waals surface area contributed by atoms with Crippen LogP contribution in [0.5, 0.6) is 0 Å².